The molecule has 5 nitrogen and oxygen atoms in total. The highest BCUT2D eigenvalue weighted by atomic mass is 32.1. The van der Waals surface area contributed by atoms with Gasteiger partial charge in [0.2, 0.25) is 11.0 Å². The number of piperidine rings is 1. The Balaban J connectivity index is 2.05. The van der Waals surface area contributed by atoms with Crippen LogP contribution in [0.1, 0.15) is 38.6 Å². The SMILES string of the molecule is Cc1nnc(N2CCCC(N(C)C(=O)C(C)(C)C)C2)s1. The second-order valence-electron chi connectivity index (χ2n) is 6.51. The summed E-state index contributed by atoms with van der Waals surface area (Å²) in [4.78, 5) is 16.6. The minimum atomic E-state index is -0.323. The summed E-state index contributed by atoms with van der Waals surface area (Å²) in [6.45, 7) is 9.75. The number of likely N-dealkylation sites (N-methyl/N-ethyl adjacent to an activating group) is 1. The first kappa shape index (κ1) is 15.2. The molecule has 0 spiro atoms. The van der Waals surface area contributed by atoms with E-state index in [-0.39, 0.29) is 17.4 Å². The second kappa shape index (κ2) is 5.68. The van der Waals surface area contributed by atoms with Crippen LogP contribution in [0.3, 0.4) is 0 Å². The quantitative estimate of drug-likeness (QED) is 0.840. The Bertz CT molecular complexity index is 480. The molecule has 2 rings (SSSR count). The number of aromatic nitrogens is 2. The van der Waals surface area contributed by atoms with Crippen LogP contribution in [-0.2, 0) is 4.79 Å². The molecule has 0 bridgehead atoms. The molecule has 0 N–H and O–H groups in total. The fourth-order valence-corrected chi connectivity index (χ4v) is 3.28. The van der Waals surface area contributed by atoms with E-state index in [0.29, 0.717) is 0 Å². The van der Waals surface area contributed by atoms with Gasteiger partial charge in [-0.15, -0.1) is 10.2 Å². The van der Waals surface area contributed by atoms with Crippen molar-refractivity contribution in [2.75, 3.05) is 25.0 Å². The van der Waals surface area contributed by atoms with Crippen molar-refractivity contribution >= 4 is 22.4 Å². The highest BCUT2D eigenvalue weighted by molar-refractivity contribution is 7.15. The number of hydrogen-bond donors (Lipinski definition) is 0. The van der Waals surface area contributed by atoms with Crippen LogP contribution in [0, 0.1) is 12.3 Å². The van der Waals surface area contributed by atoms with Crippen molar-refractivity contribution in [3.8, 4) is 0 Å². The monoisotopic (exact) mass is 296 g/mol. The van der Waals surface area contributed by atoms with E-state index >= 15 is 0 Å². The van der Waals surface area contributed by atoms with Crippen LogP contribution in [0.4, 0.5) is 5.13 Å². The number of aryl methyl sites for hydroxylation is 1. The maximum atomic E-state index is 12.4. The first-order chi connectivity index (χ1) is 9.29. The molecule has 0 radical (unpaired) electrons. The molecule has 1 saturated heterocycles. The van der Waals surface area contributed by atoms with Crippen LogP contribution in [0.5, 0.6) is 0 Å². The van der Waals surface area contributed by atoms with Crippen LogP contribution in [0.15, 0.2) is 0 Å². The Kier molecular flexibility index (Phi) is 4.32. The van der Waals surface area contributed by atoms with Crippen molar-refractivity contribution in [2.24, 2.45) is 5.41 Å². The summed E-state index contributed by atoms with van der Waals surface area (Å²) < 4.78 is 0. The number of hydrogen-bond acceptors (Lipinski definition) is 5. The highest BCUT2D eigenvalue weighted by Crippen LogP contribution is 2.26. The van der Waals surface area contributed by atoms with Gasteiger partial charge in [-0.25, -0.2) is 0 Å². The Morgan fingerprint density at radius 1 is 1.40 bits per heavy atom. The normalized spacial score (nSPS) is 20.1. The molecule has 1 aliphatic rings. The topological polar surface area (TPSA) is 49.3 Å². The molecule has 1 aromatic heterocycles. The Hall–Kier alpha value is -1.17. The van der Waals surface area contributed by atoms with Crippen molar-refractivity contribution in [3.05, 3.63) is 5.01 Å². The van der Waals surface area contributed by atoms with Gasteiger partial charge in [-0.05, 0) is 19.8 Å². The minimum absolute atomic E-state index is 0.206. The summed E-state index contributed by atoms with van der Waals surface area (Å²) in [7, 11) is 1.92. The third kappa shape index (κ3) is 3.29. The third-order valence-electron chi connectivity index (χ3n) is 3.69. The van der Waals surface area contributed by atoms with Crippen LogP contribution in [0.2, 0.25) is 0 Å². The van der Waals surface area contributed by atoms with E-state index < -0.39 is 0 Å². The summed E-state index contributed by atoms with van der Waals surface area (Å²) in [5, 5.41) is 10.3. The van der Waals surface area contributed by atoms with Gasteiger partial charge in [0.1, 0.15) is 5.01 Å². The van der Waals surface area contributed by atoms with Crippen molar-refractivity contribution in [1.82, 2.24) is 15.1 Å². The molecule has 2 heterocycles. The van der Waals surface area contributed by atoms with Crippen molar-refractivity contribution in [2.45, 2.75) is 46.6 Å². The molecule has 1 aliphatic heterocycles. The van der Waals surface area contributed by atoms with Gasteiger partial charge in [0.05, 0.1) is 0 Å². The lowest BCUT2D eigenvalue weighted by Crippen LogP contribution is -2.51. The first-order valence-corrected chi connectivity index (χ1v) is 7.93. The molecule has 1 atom stereocenters. The lowest BCUT2D eigenvalue weighted by molar-refractivity contribution is -0.140. The van der Waals surface area contributed by atoms with E-state index in [1.165, 1.54) is 0 Å². The first-order valence-electron chi connectivity index (χ1n) is 7.11. The van der Waals surface area contributed by atoms with Gasteiger partial charge in [-0.2, -0.15) is 0 Å². The fraction of sp³-hybridized carbons (Fsp3) is 0.786. The average Bonchev–Trinajstić information content (AvgIpc) is 2.83. The highest BCUT2D eigenvalue weighted by Gasteiger charge is 2.32. The van der Waals surface area contributed by atoms with Crippen LogP contribution in [-0.4, -0.2) is 47.2 Å². The van der Waals surface area contributed by atoms with Gasteiger partial charge in [-0.3, -0.25) is 4.79 Å². The van der Waals surface area contributed by atoms with Crippen molar-refractivity contribution in [3.63, 3.8) is 0 Å². The summed E-state index contributed by atoms with van der Waals surface area (Å²) in [5.74, 6) is 0.206. The van der Waals surface area contributed by atoms with E-state index in [2.05, 4.69) is 15.1 Å². The summed E-state index contributed by atoms with van der Waals surface area (Å²) in [5.41, 5.74) is -0.323. The van der Waals surface area contributed by atoms with E-state index in [1.54, 1.807) is 11.3 Å². The number of nitrogens with zero attached hydrogens (tertiary/aromatic N) is 4. The largest absolute Gasteiger partial charge is 0.345 e. The van der Waals surface area contributed by atoms with Gasteiger partial charge in [0.25, 0.3) is 0 Å². The molecule has 0 aromatic carbocycles. The minimum Gasteiger partial charge on any atom is -0.345 e. The van der Waals surface area contributed by atoms with E-state index in [4.69, 9.17) is 0 Å². The van der Waals surface area contributed by atoms with Gasteiger partial charge in [-0.1, -0.05) is 32.1 Å². The van der Waals surface area contributed by atoms with Gasteiger partial charge in [0, 0.05) is 31.6 Å². The zero-order chi connectivity index (χ0) is 14.9. The molecule has 1 aromatic rings. The zero-order valence-corrected chi connectivity index (χ0v) is 13.8. The number of amides is 1. The predicted molar refractivity (Wildman–Crippen MR) is 82.1 cm³/mol. The fourth-order valence-electron chi connectivity index (χ4n) is 2.55. The number of anilines is 1. The smallest absolute Gasteiger partial charge is 0.227 e. The van der Waals surface area contributed by atoms with E-state index in [9.17, 15) is 4.79 Å². The van der Waals surface area contributed by atoms with Gasteiger partial charge in [0.15, 0.2) is 0 Å². The van der Waals surface area contributed by atoms with Crippen LogP contribution in [0.25, 0.3) is 0 Å². The van der Waals surface area contributed by atoms with Crippen LogP contribution >= 0.6 is 11.3 Å². The summed E-state index contributed by atoms with van der Waals surface area (Å²) >= 11 is 1.62. The Labute approximate surface area is 125 Å². The zero-order valence-electron chi connectivity index (χ0n) is 13.0. The van der Waals surface area contributed by atoms with E-state index in [0.717, 1.165) is 36.1 Å². The maximum Gasteiger partial charge on any atom is 0.227 e. The molecule has 1 amide bonds. The number of carbonyl (C=O) groups excluding carboxylic acids is 1. The average molecular weight is 296 g/mol. The summed E-state index contributed by atoms with van der Waals surface area (Å²) in [6, 6.07) is 0.264. The molecule has 1 fully saturated rings. The predicted octanol–water partition coefficient (Wildman–Crippen LogP) is 2.32. The van der Waals surface area contributed by atoms with Crippen LogP contribution < -0.4 is 4.90 Å². The number of carbonyl (C=O) groups is 1. The van der Waals surface area contributed by atoms with Crippen molar-refractivity contribution < 1.29 is 4.79 Å². The lowest BCUT2D eigenvalue weighted by atomic mass is 9.93. The molecule has 20 heavy (non-hydrogen) atoms. The molecule has 112 valence electrons. The molecular formula is C14H24N4OS. The standard InChI is InChI=1S/C14H24N4OS/c1-10-15-16-13(20-10)18-8-6-7-11(9-18)17(5)12(19)14(2,3)4/h11H,6-9H2,1-5H3. The Morgan fingerprint density at radius 2 is 2.10 bits per heavy atom. The molecule has 0 saturated carbocycles. The second-order valence-corrected chi connectivity index (χ2v) is 7.67. The molecule has 0 aliphatic carbocycles. The molecular weight excluding hydrogens is 272 g/mol. The lowest BCUT2D eigenvalue weighted by Gasteiger charge is -2.39. The molecule has 6 heteroatoms. The number of rotatable bonds is 2. The maximum absolute atomic E-state index is 12.4. The molecule has 1 unspecified atom stereocenters. The third-order valence-corrected chi connectivity index (χ3v) is 4.59. The summed E-state index contributed by atoms with van der Waals surface area (Å²) in [6.07, 6.45) is 2.15. The van der Waals surface area contributed by atoms with Gasteiger partial charge < -0.3 is 9.80 Å². The Morgan fingerprint density at radius 3 is 2.65 bits per heavy atom. The van der Waals surface area contributed by atoms with E-state index in [1.807, 2.05) is 39.6 Å². The van der Waals surface area contributed by atoms with Gasteiger partial charge >= 0.3 is 0 Å². The van der Waals surface area contributed by atoms with Crippen molar-refractivity contribution in [1.29, 1.82) is 0 Å².